The van der Waals surface area contributed by atoms with Crippen molar-refractivity contribution in [2.75, 3.05) is 4.90 Å². The highest BCUT2D eigenvalue weighted by molar-refractivity contribution is 6.27. The molecule has 1 heterocycles. The predicted octanol–water partition coefficient (Wildman–Crippen LogP) is 23.6. The fraction of sp³-hybridized carbons (Fsp3) is 0.350. The van der Waals surface area contributed by atoms with E-state index in [4.69, 9.17) is 0 Å². The Balaban J connectivity index is 1.21. The number of hydrogen-bond donors (Lipinski definition) is 0. The first-order chi connectivity index (χ1) is 38.1. The smallest absolute Gasteiger partial charge is 0.0543 e. The molecule has 0 saturated heterocycles. The summed E-state index contributed by atoms with van der Waals surface area (Å²) in [6.07, 6.45) is 0. The van der Waals surface area contributed by atoms with E-state index in [1.807, 2.05) is 0 Å². The van der Waals surface area contributed by atoms with Gasteiger partial charge in [0.1, 0.15) is 0 Å². The summed E-state index contributed by atoms with van der Waals surface area (Å²) in [5.74, 6) is 0. The van der Waals surface area contributed by atoms with Gasteiger partial charge in [0.05, 0.1) is 28.1 Å². The van der Waals surface area contributed by atoms with E-state index in [0.717, 1.165) is 11.4 Å². The van der Waals surface area contributed by atoms with E-state index in [1.54, 1.807) is 0 Å². The molecule has 11 rings (SSSR count). The van der Waals surface area contributed by atoms with Gasteiger partial charge in [-0.05, 0) is 170 Å². The van der Waals surface area contributed by atoms with Crippen LogP contribution in [0.25, 0.3) is 82.1 Å². The van der Waals surface area contributed by atoms with Gasteiger partial charge in [0.2, 0.25) is 0 Å². The molecule has 0 saturated carbocycles. The predicted molar refractivity (Wildman–Crippen MR) is 361 cm³/mol. The van der Waals surface area contributed by atoms with Gasteiger partial charge < -0.3 is 9.47 Å². The molecule has 0 spiro atoms. The largest absolute Gasteiger partial charge is 0.309 e. The van der Waals surface area contributed by atoms with Crippen molar-refractivity contribution in [1.29, 1.82) is 0 Å². The molecule has 1 aromatic heterocycles. The number of rotatable bonds is 6. The van der Waals surface area contributed by atoms with Crippen LogP contribution in [-0.2, 0) is 37.9 Å². The number of aromatic nitrogens is 1. The molecule has 0 amide bonds. The molecule has 420 valence electrons. The van der Waals surface area contributed by atoms with E-state index in [0.29, 0.717) is 0 Å². The van der Waals surface area contributed by atoms with Crippen molar-refractivity contribution < 1.29 is 0 Å². The first kappa shape index (κ1) is 56.7. The van der Waals surface area contributed by atoms with Crippen LogP contribution in [-0.4, -0.2) is 4.57 Å². The molecule has 0 unspecified atom stereocenters. The van der Waals surface area contributed by atoms with Crippen LogP contribution in [0.5, 0.6) is 0 Å². The van der Waals surface area contributed by atoms with Crippen LogP contribution in [0.1, 0.15) is 184 Å². The second-order valence-electron chi connectivity index (χ2n) is 31.4. The highest BCUT2D eigenvalue weighted by Crippen LogP contribution is 2.50. The van der Waals surface area contributed by atoms with Gasteiger partial charge in [-0.15, -0.1) is 0 Å². The molecule has 0 radical (unpaired) electrons. The van der Waals surface area contributed by atoms with E-state index in [-0.39, 0.29) is 37.9 Å². The zero-order valence-electron chi connectivity index (χ0n) is 53.5. The first-order valence-corrected chi connectivity index (χ1v) is 30.2. The maximum atomic E-state index is 2.60. The summed E-state index contributed by atoms with van der Waals surface area (Å²) >= 11 is 0. The average Bonchev–Trinajstić information content (AvgIpc) is 1.54. The summed E-state index contributed by atoms with van der Waals surface area (Å²) in [5, 5.41) is 10.1. The summed E-state index contributed by atoms with van der Waals surface area (Å²) in [6, 6.07) is 64.9. The Morgan fingerprint density at radius 2 is 0.659 bits per heavy atom. The number of anilines is 3. The van der Waals surface area contributed by atoms with Crippen molar-refractivity contribution in [2.24, 2.45) is 0 Å². The van der Waals surface area contributed by atoms with E-state index in [1.165, 1.54) is 127 Å². The zero-order valence-corrected chi connectivity index (χ0v) is 53.5. The third-order valence-corrected chi connectivity index (χ3v) is 17.8. The van der Waals surface area contributed by atoms with E-state index in [9.17, 15) is 0 Å². The average molecular weight is 1080 g/mol. The second kappa shape index (κ2) is 19.2. The molecule has 2 nitrogen and oxygen atoms in total. The molecule has 0 aliphatic heterocycles. The Morgan fingerprint density at radius 1 is 0.268 bits per heavy atom. The number of fused-ring (bicyclic) bond motifs is 3. The summed E-state index contributed by atoms with van der Waals surface area (Å²) in [7, 11) is 0. The molecule has 11 aromatic rings. The van der Waals surface area contributed by atoms with E-state index < -0.39 is 0 Å². The lowest BCUT2D eigenvalue weighted by molar-refractivity contribution is 0.568. The lowest BCUT2D eigenvalue weighted by Crippen LogP contribution is -2.18. The third-order valence-electron chi connectivity index (χ3n) is 17.8. The Kier molecular flexibility index (Phi) is 13.3. The molecule has 0 aliphatic rings. The Labute approximate surface area is 492 Å². The third kappa shape index (κ3) is 10.2. The summed E-state index contributed by atoms with van der Waals surface area (Å²) in [6.45, 7) is 49.0. The summed E-state index contributed by atoms with van der Waals surface area (Å²) < 4.78 is 2.55. The minimum Gasteiger partial charge on any atom is -0.309 e. The van der Waals surface area contributed by atoms with Gasteiger partial charge in [0, 0.05) is 32.8 Å². The maximum Gasteiger partial charge on any atom is 0.0543 e. The molecule has 0 aliphatic carbocycles. The Bertz CT molecular complexity index is 4140. The highest BCUT2D eigenvalue weighted by Gasteiger charge is 2.29. The van der Waals surface area contributed by atoms with Crippen molar-refractivity contribution in [3.8, 4) is 27.9 Å². The van der Waals surface area contributed by atoms with Gasteiger partial charge in [-0.25, -0.2) is 0 Å². The molecule has 0 N–H and O–H groups in total. The van der Waals surface area contributed by atoms with Crippen molar-refractivity contribution in [3.05, 3.63) is 203 Å². The van der Waals surface area contributed by atoms with Gasteiger partial charge in [0.15, 0.2) is 0 Å². The van der Waals surface area contributed by atoms with Gasteiger partial charge in [-0.2, -0.15) is 0 Å². The lowest BCUT2D eigenvalue weighted by atomic mass is 9.78. The standard InChI is InChI=1S/C80H90N2/c1-74(2,3)54-29-38-69-65(46-54)66-47-55(75(4,5)6)30-39-70(66)82(69)68-37-27-51-24-33-63-67(36-26-50-25-34-64(68)73(51)72(50)63)81(61-31-22-49(23-32-61)52-40-57(77(10,11)12)44-58(41-52)78(13,14)15)71-48-56(76(7,8)9)28-35-62(71)53-42-59(79(16,17)18)45-60(43-53)80(19,20)21/h22-48H,1-21H3. The van der Waals surface area contributed by atoms with Crippen LogP contribution in [0.15, 0.2) is 164 Å². The van der Waals surface area contributed by atoms with Crippen LogP contribution < -0.4 is 4.90 Å². The van der Waals surface area contributed by atoms with Gasteiger partial charge in [-0.3, -0.25) is 0 Å². The van der Waals surface area contributed by atoms with Crippen LogP contribution in [0, 0.1) is 0 Å². The second-order valence-corrected chi connectivity index (χ2v) is 31.4. The monoisotopic (exact) mass is 1080 g/mol. The minimum absolute atomic E-state index is 0.00389. The van der Waals surface area contributed by atoms with Crippen molar-refractivity contribution in [3.63, 3.8) is 0 Å². The zero-order chi connectivity index (χ0) is 59.2. The minimum atomic E-state index is -0.107. The quantitative estimate of drug-likeness (QED) is 0.151. The normalized spacial score (nSPS) is 13.4. The fourth-order valence-electron chi connectivity index (χ4n) is 12.3. The number of nitrogens with zero attached hydrogens (tertiary/aromatic N) is 2. The fourth-order valence-corrected chi connectivity index (χ4v) is 12.3. The van der Waals surface area contributed by atoms with Crippen molar-refractivity contribution in [2.45, 2.75) is 183 Å². The topological polar surface area (TPSA) is 8.17 Å². The number of benzene rings is 10. The van der Waals surface area contributed by atoms with Crippen LogP contribution >= 0.6 is 0 Å². The molecule has 2 heteroatoms. The lowest BCUT2D eigenvalue weighted by Gasteiger charge is -2.32. The van der Waals surface area contributed by atoms with Crippen molar-refractivity contribution >= 4 is 71.2 Å². The van der Waals surface area contributed by atoms with Crippen LogP contribution in [0.3, 0.4) is 0 Å². The van der Waals surface area contributed by atoms with Gasteiger partial charge in [-0.1, -0.05) is 255 Å². The van der Waals surface area contributed by atoms with Crippen LogP contribution in [0.4, 0.5) is 17.1 Å². The SMILES string of the molecule is CC(C)(C)c1cc(-c2ccc(N(c3cc(C(C)(C)C)ccc3-c3cc(C(C)(C)C)cc(C(C)(C)C)c3)c3ccc4ccc5c(-n6c7ccc(C(C)(C)C)cc7c7cc(C(C)(C)C)ccc76)ccc6ccc3c4c65)cc2)cc(C(C)(C)C)c1. The molecular weight excluding hydrogens is 989 g/mol. The highest BCUT2D eigenvalue weighted by atomic mass is 15.1. The van der Waals surface area contributed by atoms with Crippen molar-refractivity contribution in [1.82, 2.24) is 4.57 Å². The Morgan fingerprint density at radius 3 is 1.12 bits per heavy atom. The molecule has 82 heavy (non-hydrogen) atoms. The molecule has 0 bridgehead atoms. The van der Waals surface area contributed by atoms with Crippen LogP contribution in [0.2, 0.25) is 0 Å². The molecule has 0 atom stereocenters. The Hall–Kier alpha value is -7.16. The number of hydrogen-bond acceptors (Lipinski definition) is 1. The van der Waals surface area contributed by atoms with E-state index in [2.05, 4.69) is 319 Å². The first-order valence-electron chi connectivity index (χ1n) is 30.2. The van der Waals surface area contributed by atoms with E-state index >= 15 is 0 Å². The van der Waals surface area contributed by atoms with Gasteiger partial charge in [0.25, 0.3) is 0 Å². The molecule has 0 fully saturated rings. The van der Waals surface area contributed by atoms with Gasteiger partial charge >= 0.3 is 0 Å². The summed E-state index contributed by atoms with van der Waals surface area (Å²) in [4.78, 5) is 2.60. The molecular formula is C80H90N2. The summed E-state index contributed by atoms with van der Waals surface area (Å²) in [5.41, 5.74) is 21.2. The maximum absolute atomic E-state index is 2.60. The molecule has 10 aromatic carbocycles.